The molecule has 2 aromatic rings. The minimum atomic E-state index is 0.646. The van der Waals surface area contributed by atoms with Gasteiger partial charge in [0.15, 0.2) is 0 Å². The molecule has 0 fully saturated rings. The lowest BCUT2D eigenvalue weighted by Crippen LogP contribution is -2.04. The van der Waals surface area contributed by atoms with Gasteiger partial charge >= 0.3 is 0 Å². The molecule has 0 saturated carbocycles. The standard InChI is InChI=1S/C14H17Br2N3O2/c1-20-4-3-19-9-12(8-18-19)17-7-10-5-11(15)6-13(16)14(10)21-2/h5-6,8-9,17H,3-4,7H2,1-2H3. The van der Waals surface area contributed by atoms with Crippen molar-refractivity contribution in [3.63, 3.8) is 0 Å². The van der Waals surface area contributed by atoms with E-state index < -0.39 is 0 Å². The number of nitrogens with zero attached hydrogens (tertiary/aromatic N) is 2. The minimum absolute atomic E-state index is 0.646. The number of halogens is 2. The third kappa shape index (κ3) is 4.46. The average Bonchev–Trinajstić information content (AvgIpc) is 2.90. The topological polar surface area (TPSA) is 48.3 Å². The first kappa shape index (κ1) is 16.3. The molecule has 21 heavy (non-hydrogen) atoms. The number of ether oxygens (including phenoxy) is 2. The molecular formula is C14H17Br2N3O2. The van der Waals surface area contributed by atoms with Gasteiger partial charge in [-0.1, -0.05) is 15.9 Å². The average molecular weight is 419 g/mol. The van der Waals surface area contributed by atoms with Crippen molar-refractivity contribution in [1.82, 2.24) is 9.78 Å². The maximum atomic E-state index is 5.43. The first-order chi connectivity index (χ1) is 10.1. The molecule has 0 radical (unpaired) electrons. The van der Waals surface area contributed by atoms with Crippen LogP contribution in [0, 0.1) is 0 Å². The van der Waals surface area contributed by atoms with Gasteiger partial charge in [0.1, 0.15) is 5.75 Å². The van der Waals surface area contributed by atoms with Crippen LogP contribution in [0.15, 0.2) is 33.5 Å². The molecule has 0 aliphatic rings. The lowest BCUT2D eigenvalue weighted by atomic mass is 10.2. The van der Waals surface area contributed by atoms with Crippen LogP contribution in [0.25, 0.3) is 0 Å². The van der Waals surface area contributed by atoms with Crippen molar-refractivity contribution in [2.45, 2.75) is 13.1 Å². The first-order valence-electron chi connectivity index (χ1n) is 6.41. The molecule has 0 unspecified atom stereocenters. The van der Waals surface area contributed by atoms with E-state index in [9.17, 15) is 0 Å². The van der Waals surface area contributed by atoms with E-state index in [1.807, 2.05) is 23.0 Å². The molecule has 5 nitrogen and oxygen atoms in total. The molecule has 1 N–H and O–H groups in total. The summed E-state index contributed by atoms with van der Waals surface area (Å²) in [6.07, 6.45) is 3.76. The Morgan fingerprint density at radius 1 is 1.29 bits per heavy atom. The van der Waals surface area contributed by atoms with Gasteiger partial charge in [-0.15, -0.1) is 0 Å². The molecule has 1 aromatic heterocycles. The third-order valence-corrected chi connectivity index (χ3v) is 3.98. The molecule has 1 aromatic carbocycles. The Bertz CT molecular complexity index is 602. The van der Waals surface area contributed by atoms with Gasteiger partial charge in [-0.25, -0.2) is 0 Å². The van der Waals surface area contributed by atoms with Crippen LogP contribution in [0.5, 0.6) is 5.75 Å². The fraction of sp³-hybridized carbons (Fsp3) is 0.357. The monoisotopic (exact) mass is 417 g/mol. The lowest BCUT2D eigenvalue weighted by molar-refractivity contribution is 0.183. The number of anilines is 1. The van der Waals surface area contributed by atoms with Crippen LogP contribution in [0.2, 0.25) is 0 Å². The fourth-order valence-electron chi connectivity index (χ4n) is 1.93. The maximum Gasteiger partial charge on any atom is 0.138 e. The second kappa shape index (κ2) is 7.82. The van der Waals surface area contributed by atoms with Gasteiger partial charge in [0, 0.05) is 29.9 Å². The van der Waals surface area contributed by atoms with Crippen molar-refractivity contribution in [3.8, 4) is 5.75 Å². The van der Waals surface area contributed by atoms with Crippen LogP contribution in [0.4, 0.5) is 5.69 Å². The molecule has 0 saturated heterocycles. The molecule has 114 valence electrons. The number of rotatable bonds is 7. The fourth-order valence-corrected chi connectivity index (χ4v) is 3.41. The highest BCUT2D eigenvalue weighted by atomic mass is 79.9. The summed E-state index contributed by atoms with van der Waals surface area (Å²) in [6.45, 7) is 2.04. The predicted molar refractivity (Wildman–Crippen MR) is 89.8 cm³/mol. The second-order valence-electron chi connectivity index (χ2n) is 4.42. The van der Waals surface area contributed by atoms with E-state index >= 15 is 0 Å². The molecule has 0 bridgehead atoms. The molecule has 0 spiro atoms. The summed E-state index contributed by atoms with van der Waals surface area (Å²) in [5.74, 6) is 0.831. The van der Waals surface area contributed by atoms with Gasteiger partial charge < -0.3 is 14.8 Å². The minimum Gasteiger partial charge on any atom is -0.495 e. The van der Waals surface area contributed by atoms with Crippen molar-refractivity contribution in [2.24, 2.45) is 0 Å². The smallest absolute Gasteiger partial charge is 0.138 e. The molecule has 2 rings (SSSR count). The van der Waals surface area contributed by atoms with Gasteiger partial charge in [-0.2, -0.15) is 5.10 Å². The van der Waals surface area contributed by atoms with Gasteiger partial charge in [0.2, 0.25) is 0 Å². The highest BCUT2D eigenvalue weighted by Gasteiger charge is 2.09. The first-order valence-corrected chi connectivity index (χ1v) is 8.00. The number of nitrogens with one attached hydrogen (secondary N) is 1. The summed E-state index contributed by atoms with van der Waals surface area (Å²) in [4.78, 5) is 0. The number of methoxy groups -OCH3 is 2. The molecule has 0 aliphatic heterocycles. The van der Waals surface area contributed by atoms with Crippen LogP contribution < -0.4 is 10.1 Å². The number of benzene rings is 1. The van der Waals surface area contributed by atoms with Crippen LogP contribution in [0.3, 0.4) is 0 Å². The van der Waals surface area contributed by atoms with Crippen molar-refractivity contribution in [3.05, 3.63) is 39.0 Å². The number of hydrogen-bond acceptors (Lipinski definition) is 4. The largest absolute Gasteiger partial charge is 0.495 e. The zero-order valence-electron chi connectivity index (χ0n) is 11.9. The normalized spacial score (nSPS) is 10.7. The van der Waals surface area contributed by atoms with Gasteiger partial charge in [-0.3, -0.25) is 4.68 Å². The quantitative estimate of drug-likeness (QED) is 0.745. The van der Waals surface area contributed by atoms with Gasteiger partial charge in [-0.05, 0) is 28.1 Å². The molecule has 1 heterocycles. The van der Waals surface area contributed by atoms with Crippen LogP contribution >= 0.6 is 31.9 Å². The summed E-state index contributed by atoms with van der Waals surface area (Å²) >= 11 is 7.00. The molecule has 7 heteroatoms. The summed E-state index contributed by atoms with van der Waals surface area (Å²) in [7, 11) is 3.35. The summed E-state index contributed by atoms with van der Waals surface area (Å²) in [5.41, 5.74) is 2.02. The van der Waals surface area contributed by atoms with E-state index in [-0.39, 0.29) is 0 Å². The van der Waals surface area contributed by atoms with Gasteiger partial charge in [0.05, 0.1) is 36.6 Å². The summed E-state index contributed by atoms with van der Waals surface area (Å²) in [5, 5.41) is 7.61. The zero-order valence-corrected chi connectivity index (χ0v) is 15.1. The van der Waals surface area contributed by atoms with E-state index in [0.29, 0.717) is 13.2 Å². The Balaban J connectivity index is 2.04. The maximum absolute atomic E-state index is 5.43. The Hall–Kier alpha value is -1.05. The van der Waals surface area contributed by atoms with E-state index in [1.165, 1.54) is 0 Å². The highest BCUT2D eigenvalue weighted by molar-refractivity contribution is 9.11. The van der Waals surface area contributed by atoms with Crippen molar-refractivity contribution < 1.29 is 9.47 Å². The Labute approximate surface area is 140 Å². The van der Waals surface area contributed by atoms with Crippen molar-refractivity contribution >= 4 is 37.5 Å². The molecule has 0 atom stereocenters. The van der Waals surface area contributed by atoms with E-state index in [2.05, 4.69) is 42.3 Å². The SMILES string of the molecule is COCCn1cc(NCc2cc(Br)cc(Br)c2OC)cn1. The summed E-state index contributed by atoms with van der Waals surface area (Å²) < 4.78 is 14.2. The Morgan fingerprint density at radius 2 is 2.10 bits per heavy atom. The zero-order chi connectivity index (χ0) is 15.2. The second-order valence-corrected chi connectivity index (χ2v) is 6.19. The molecule has 0 aliphatic carbocycles. The van der Waals surface area contributed by atoms with Crippen molar-refractivity contribution in [2.75, 3.05) is 26.1 Å². The van der Waals surface area contributed by atoms with Crippen LogP contribution in [-0.2, 0) is 17.8 Å². The van der Waals surface area contributed by atoms with Gasteiger partial charge in [0.25, 0.3) is 0 Å². The van der Waals surface area contributed by atoms with E-state index in [4.69, 9.17) is 9.47 Å². The summed E-state index contributed by atoms with van der Waals surface area (Å²) in [6, 6.07) is 4.00. The number of aromatic nitrogens is 2. The Kier molecular flexibility index (Phi) is 6.08. The Morgan fingerprint density at radius 3 is 2.81 bits per heavy atom. The van der Waals surface area contributed by atoms with Crippen molar-refractivity contribution in [1.29, 1.82) is 0 Å². The third-order valence-electron chi connectivity index (χ3n) is 2.93. The predicted octanol–water partition coefficient (Wildman–Crippen LogP) is 3.68. The van der Waals surface area contributed by atoms with Crippen LogP contribution in [0.1, 0.15) is 5.56 Å². The number of hydrogen-bond donors (Lipinski definition) is 1. The molecule has 0 amide bonds. The van der Waals surface area contributed by atoms with Crippen LogP contribution in [-0.4, -0.2) is 30.6 Å². The molecular weight excluding hydrogens is 402 g/mol. The van der Waals surface area contributed by atoms with E-state index in [0.717, 1.165) is 32.5 Å². The highest BCUT2D eigenvalue weighted by Crippen LogP contribution is 2.33. The lowest BCUT2D eigenvalue weighted by Gasteiger charge is -2.12. The van der Waals surface area contributed by atoms with E-state index in [1.54, 1.807) is 20.4 Å².